The Kier molecular flexibility index (Phi) is 4.91. The zero-order valence-corrected chi connectivity index (χ0v) is 15.2. The van der Waals surface area contributed by atoms with E-state index in [1.807, 2.05) is 68.4 Å². The molecule has 1 heterocycles. The van der Waals surface area contributed by atoms with Gasteiger partial charge in [-0.05, 0) is 38.0 Å². The Hall–Kier alpha value is -2.92. The summed E-state index contributed by atoms with van der Waals surface area (Å²) < 4.78 is 1.76. The molecule has 26 heavy (non-hydrogen) atoms. The van der Waals surface area contributed by atoms with Crippen molar-refractivity contribution in [3.63, 3.8) is 0 Å². The predicted molar refractivity (Wildman–Crippen MR) is 101 cm³/mol. The standard InChI is InChI=1S/C21H23N3O2/c1-15-9-7-8-12-19(15)24-16(2)18(13-23-24)20(25)22-14-21(3,26)17-10-5-4-6-11-17/h4-13,26H,14H2,1-3H3,(H,22,25). The van der Waals surface area contributed by atoms with Crippen molar-refractivity contribution in [1.29, 1.82) is 0 Å². The second kappa shape index (κ2) is 7.14. The molecule has 2 N–H and O–H groups in total. The van der Waals surface area contributed by atoms with E-state index in [9.17, 15) is 9.90 Å². The first-order chi connectivity index (χ1) is 12.4. The van der Waals surface area contributed by atoms with Gasteiger partial charge in [-0.15, -0.1) is 0 Å². The van der Waals surface area contributed by atoms with Gasteiger partial charge in [0.1, 0.15) is 5.60 Å². The molecule has 134 valence electrons. The third-order valence-electron chi connectivity index (χ3n) is 4.59. The molecule has 0 aliphatic rings. The summed E-state index contributed by atoms with van der Waals surface area (Å²) in [6.45, 7) is 5.67. The summed E-state index contributed by atoms with van der Waals surface area (Å²) in [6.07, 6.45) is 1.56. The van der Waals surface area contributed by atoms with E-state index in [4.69, 9.17) is 0 Å². The average Bonchev–Trinajstić information content (AvgIpc) is 3.02. The number of benzene rings is 2. The Morgan fingerprint density at radius 2 is 1.77 bits per heavy atom. The highest BCUT2D eigenvalue weighted by molar-refractivity contribution is 5.95. The monoisotopic (exact) mass is 349 g/mol. The van der Waals surface area contributed by atoms with Crippen molar-refractivity contribution in [2.45, 2.75) is 26.4 Å². The highest BCUT2D eigenvalue weighted by atomic mass is 16.3. The normalized spacial score (nSPS) is 13.2. The number of aryl methyl sites for hydroxylation is 1. The third kappa shape index (κ3) is 3.53. The second-order valence-electron chi connectivity index (χ2n) is 6.66. The molecule has 2 aromatic carbocycles. The lowest BCUT2D eigenvalue weighted by Gasteiger charge is -2.24. The molecule has 3 rings (SSSR count). The van der Waals surface area contributed by atoms with Crippen LogP contribution in [0.4, 0.5) is 0 Å². The molecule has 0 fully saturated rings. The van der Waals surface area contributed by atoms with Gasteiger partial charge in [0.05, 0.1) is 29.7 Å². The van der Waals surface area contributed by atoms with Crippen LogP contribution in [0.5, 0.6) is 0 Å². The molecule has 0 bridgehead atoms. The lowest BCUT2D eigenvalue weighted by atomic mass is 9.96. The van der Waals surface area contributed by atoms with Gasteiger partial charge in [-0.1, -0.05) is 48.5 Å². The zero-order valence-electron chi connectivity index (χ0n) is 15.2. The molecule has 0 radical (unpaired) electrons. The number of nitrogens with zero attached hydrogens (tertiary/aromatic N) is 2. The molecule has 1 atom stereocenters. The van der Waals surface area contributed by atoms with Crippen molar-refractivity contribution >= 4 is 5.91 Å². The van der Waals surface area contributed by atoms with Crippen molar-refractivity contribution in [3.05, 3.63) is 83.2 Å². The van der Waals surface area contributed by atoms with Crippen LogP contribution in [0.3, 0.4) is 0 Å². The molecule has 0 aliphatic heterocycles. The average molecular weight is 349 g/mol. The van der Waals surface area contributed by atoms with E-state index in [2.05, 4.69) is 10.4 Å². The van der Waals surface area contributed by atoms with Gasteiger partial charge in [0.2, 0.25) is 0 Å². The zero-order chi connectivity index (χ0) is 18.7. The number of aliphatic hydroxyl groups is 1. The van der Waals surface area contributed by atoms with Crippen LogP contribution >= 0.6 is 0 Å². The van der Waals surface area contributed by atoms with Crippen molar-refractivity contribution in [2.24, 2.45) is 0 Å². The van der Waals surface area contributed by atoms with Crippen molar-refractivity contribution in [3.8, 4) is 5.69 Å². The number of hydrogen-bond donors (Lipinski definition) is 2. The second-order valence-corrected chi connectivity index (χ2v) is 6.66. The minimum atomic E-state index is -1.14. The number of hydrogen-bond acceptors (Lipinski definition) is 3. The van der Waals surface area contributed by atoms with E-state index in [0.717, 1.165) is 22.5 Å². The first kappa shape index (κ1) is 17.9. The number of carbonyl (C=O) groups excluding carboxylic acids is 1. The Morgan fingerprint density at radius 3 is 2.46 bits per heavy atom. The molecule has 0 aliphatic carbocycles. The van der Waals surface area contributed by atoms with Crippen LogP contribution in [0, 0.1) is 13.8 Å². The molecule has 1 aromatic heterocycles. The van der Waals surface area contributed by atoms with Crippen LogP contribution in [-0.4, -0.2) is 27.3 Å². The van der Waals surface area contributed by atoms with Crippen LogP contribution in [0.1, 0.15) is 34.1 Å². The summed E-state index contributed by atoms with van der Waals surface area (Å²) in [6, 6.07) is 17.2. The van der Waals surface area contributed by atoms with E-state index in [-0.39, 0.29) is 12.5 Å². The minimum absolute atomic E-state index is 0.116. The molecular weight excluding hydrogens is 326 g/mol. The number of para-hydroxylation sites is 1. The summed E-state index contributed by atoms with van der Waals surface area (Å²) in [5.41, 5.74) is 2.90. The number of carbonyl (C=O) groups is 1. The van der Waals surface area contributed by atoms with Gasteiger partial charge in [-0.3, -0.25) is 4.79 Å². The summed E-state index contributed by atoms with van der Waals surface area (Å²) >= 11 is 0. The van der Waals surface area contributed by atoms with Gasteiger partial charge in [0.25, 0.3) is 5.91 Å². The fourth-order valence-electron chi connectivity index (χ4n) is 2.92. The van der Waals surface area contributed by atoms with Crippen LogP contribution in [-0.2, 0) is 5.60 Å². The molecule has 0 saturated carbocycles. The van der Waals surface area contributed by atoms with Gasteiger partial charge in [-0.25, -0.2) is 4.68 Å². The van der Waals surface area contributed by atoms with Gasteiger partial charge >= 0.3 is 0 Å². The maximum Gasteiger partial charge on any atom is 0.254 e. The fourth-order valence-corrected chi connectivity index (χ4v) is 2.92. The van der Waals surface area contributed by atoms with E-state index in [1.165, 1.54) is 0 Å². The fraction of sp³-hybridized carbons (Fsp3) is 0.238. The van der Waals surface area contributed by atoms with Gasteiger partial charge < -0.3 is 10.4 Å². The summed E-state index contributed by atoms with van der Waals surface area (Å²) in [5.74, 6) is -0.251. The van der Waals surface area contributed by atoms with E-state index in [1.54, 1.807) is 17.8 Å². The van der Waals surface area contributed by atoms with Crippen LogP contribution in [0.2, 0.25) is 0 Å². The summed E-state index contributed by atoms with van der Waals surface area (Å²) in [5, 5.41) is 17.8. The van der Waals surface area contributed by atoms with Crippen molar-refractivity contribution in [2.75, 3.05) is 6.54 Å². The largest absolute Gasteiger partial charge is 0.384 e. The topological polar surface area (TPSA) is 67.2 Å². The molecule has 0 saturated heterocycles. The SMILES string of the molecule is Cc1ccccc1-n1ncc(C(=O)NCC(C)(O)c2ccccc2)c1C. The molecule has 1 unspecified atom stereocenters. The number of aromatic nitrogens is 2. The highest BCUT2D eigenvalue weighted by Gasteiger charge is 2.25. The van der Waals surface area contributed by atoms with Gasteiger partial charge in [0, 0.05) is 0 Å². The first-order valence-corrected chi connectivity index (χ1v) is 8.57. The van der Waals surface area contributed by atoms with Crippen LogP contribution < -0.4 is 5.32 Å². The third-order valence-corrected chi connectivity index (χ3v) is 4.59. The Bertz CT molecular complexity index is 914. The van der Waals surface area contributed by atoms with E-state index >= 15 is 0 Å². The van der Waals surface area contributed by atoms with Crippen molar-refractivity contribution in [1.82, 2.24) is 15.1 Å². The Morgan fingerprint density at radius 1 is 1.12 bits per heavy atom. The Labute approximate surface area is 153 Å². The molecule has 1 amide bonds. The molecule has 0 spiro atoms. The van der Waals surface area contributed by atoms with Crippen LogP contribution in [0.25, 0.3) is 5.69 Å². The smallest absolute Gasteiger partial charge is 0.254 e. The van der Waals surface area contributed by atoms with Crippen molar-refractivity contribution < 1.29 is 9.90 Å². The highest BCUT2D eigenvalue weighted by Crippen LogP contribution is 2.20. The maximum absolute atomic E-state index is 12.6. The molecular formula is C21H23N3O2. The quantitative estimate of drug-likeness (QED) is 0.744. The lowest BCUT2D eigenvalue weighted by molar-refractivity contribution is 0.0526. The number of nitrogens with one attached hydrogen (secondary N) is 1. The number of amides is 1. The van der Waals surface area contributed by atoms with E-state index in [0.29, 0.717) is 5.56 Å². The molecule has 5 nitrogen and oxygen atoms in total. The summed E-state index contributed by atoms with van der Waals surface area (Å²) in [4.78, 5) is 12.6. The summed E-state index contributed by atoms with van der Waals surface area (Å²) in [7, 11) is 0. The molecule has 3 aromatic rings. The number of rotatable bonds is 5. The van der Waals surface area contributed by atoms with Crippen LogP contribution in [0.15, 0.2) is 60.8 Å². The maximum atomic E-state index is 12.6. The minimum Gasteiger partial charge on any atom is -0.384 e. The van der Waals surface area contributed by atoms with Gasteiger partial charge in [-0.2, -0.15) is 5.10 Å². The molecule has 5 heteroatoms. The Balaban J connectivity index is 1.76. The first-order valence-electron chi connectivity index (χ1n) is 8.57. The van der Waals surface area contributed by atoms with E-state index < -0.39 is 5.60 Å². The predicted octanol–water partition coefficient (Wildman–Crippen LogP) is 3.13. The van der Waals surface area contributed by atoms with Gasteiger partial charge in [0.15, 0.2) is 0 Å². The lowest BCUT2D eigenvalue weighted by Crippen LogP contribution is -2.38.